The Hall–Kier alpha value is -1.32. The SMILES string of the molecule is CC(C)CN(c1cc(=O)[nH]c(C(C)C)n1)C(C)C. The third kappa shape index (κ3) is 3.86. The number of aromatic nitrogens is 2. The first-order chi connectivity index (χ1) is 8.31. The van der Waals surface area contributed by atoms with Gasteiger partial charge in [0.15, 0.2) is 0 Å². The molecule has 18 heavy (non-hydrogen) atoms. The van der Waals surface area contributed by atoms with E-state index >= 15 is 0 Å². The van der Waals surface area contributed by atoms with E-state index in [-0.39, 0.29) is 11.5 Å². The quantitative estimate of drug-likeness (QED) is 0.875. The van der Waals surface area contributed by atoms with Gasteiger partial charge in [0, 0.05) is 24.6 Å². The van der Waals surface area contributed by atoms with Gasteiger partial charge in [-0.05, 0) is 19.8 Å². The van der Waals surface area contributed by atoms with Crippen molar-refractivity contribution in [3.63, 3.8) is 0 Å². The Morgan fingerprint density at radius 3 is 2.28 bits per heavy atom. The first-order valence-electron chi connectivity index (χ1n) is 6.69. The first kappa shape index (κ1) is 14.7. The van der Waals surface area contributed by atoms with Crippen LogP contribution >= 0.6 is 0 Å². The Morgan fingerprint density at radius 2 is 1.83 bits per heavy atom. The summed E-state index contributed by atoms with van der Waals surface area (Å²) in [5.41, 5.74) is -0.0712. The summed E-state index contributed by atoms with van der Waals surface area (Å²) in [7, 11) is 0. The Morgan fingerprint density at radius 1 is 1.22 bits per heavy atom. The van der Waals surface area contributed by atoms with Crippen molar-refractivity contribution in [1.82, 2.24) is 9.97 Å². The third-order valence-corrected chi connectivity index (χ3v) is 2.77. The van der Waals surface area contributed by atoms with Gasteiger partial charge in [-0.15, -0.1) is 0 Å². The molecule has 0 aromatic carbocycles. The zero-order valence-electron chi connectivity index (χ0n) is 12.3. The van der Waals surface area contributed by atoms with Crippen LogP contribution in [0.3, 0.4) is 0 Å². The van der Waals surface area contributed by atoms with E-state index in [4.69, 9.17) is 0 Å². The molecule has 1 aromatic heterocycles. The third-order valence-electron chi connectivity index (χ3n) is 2.77. The minimum Gasteiger partial charge on any atom is -0.354 e. The predicted molar refractivity (Wildman–Crippen MR) is 76.3 cm³/mol. The molecule has 0 atom stereocenters. The summed E-state index contributed by atoms with van der Waals surface area (Å²) in [5, 5.41) is 0. The molecule has 4 heteroatoms. The van der Waals surface area contributed by atoms with Crippen LogP contribution in [0.15, 0.2) is 10.9 Å². The highest BCUT2D eigenvalue weighted by atomic mass is 16.1. The Labute approximate surface area is 109 Å². The highest BCUT2D eigenvalue weighted by molar-refractivity contribution is 5.38. The molecule has 102 valence electrons. The highest BCUT2D eigenvalue weighted by Gasteiger charge is 2.15. The second-order valence-corrected chi connectivity index (χ2v) is 5.78. The van der Waals surface area contributed by atoms with E-state index < -0.39 is 0 Å². The van der Waals surface area contributed by atoms with Crippen LogP contribution in [0.5, 0.6) is 0 Å². The molecule has 0 aliphatic carbocycles. The normalized spacial score (nSPS) is 11.6. The van der Waals surface area contributed by atoms with Gasteiger partial charge in [-0.1, -0.05) is 27.7 Å². The van der Waals surface area contributed by atoms with Crippen molar-refractivity contribution in [3.8, 4) is 0 Å². The van der Waals surface area contributed by atoms with Gasteiger partial charge >= 0.3 is 0 Å². The molecular formula is C14H25N3O. The van der Waals surface area contributed by atoms with Crippen LogP contribution in [0.25, 0.3) is 0 Å². The lowest BCUT2D eigenvalue weighted by atomic mass is 10.1. The number of nitrogens with one attached hydrogen (secondary N) is 1. The number of hydrogen-bond acceptors (Lipinski definition) is 3. The summed E-state index contributed by atoms with van der Waals surface area (Å²) in [4.78, 5) is 21.3. The number of nitrogens with zero attached hydrogens (tertiary/aromatic N) is 2. The topological polar surface area (TPSA) is 49.0 Å². The fourth-order valence-corrected chi connectivity index (χ4v) is 1.85. The van der Waals surface area contributed by atoms with Crippen molar-refractivity contribution >= 4 is 5.82 Å². The van der Waals surface area contributed by atoms with Gasteiger partial charge in [-0.25, -0.2) is 4.98 Å². The lowest BCUT2D eigenvalue weighted by molar-refractivity contribution is 0.563. The Bertz CT molecular complexity index is 435. The zero-order chi connectivity index (χ0) is 13.9. The van der Waals surface area contributed by atoms with Gasteiger partial charge in [0.25, 0.3) is 5.56 Å². The Balaban J connectivity index is 3.15. The molecule has 0 spiro atoms. The van der Waals surface area contributed by atoms with Gasteiger partial charge in [0.05, 0.1) is 0 Å². The number of aromatic amines is 1. The van der Waals surface area contributed by atoms with Crippen molar-refractivity contribution in [1.29, 1.82) is 0 Å². The molecule has 0 saturated carbocycles. The van der Waals surface area contributed by atoms with Crippen LogP contribution in [-0.4, -0.2) is 22.6 Å². The average Bonchev–Trinajstić information content (AvgIpc) is 2.24. The lowest BCUT2D eigenvalue weighted by Gasteiger charge is -2.29. The molecule has 1 heterocycles. The molecule has 4 nitrogen and oxygen atoms in total. The van der Waals surface area contributed by atoms with E-state index in [1.807, 2.05) is 13.8 Å². The number of anilines is 1. The summed E-state index contributed by atoms with van der Waals surface area (Å²) in [6, 6.07) is 1.93. The molecule has 0 fully saturated rings. The van der Waals surface area contributed by atoms with E-state index in [0.29, 0.717) is 12.0 Å². The van der Waals surface area contributed by atoms with Crippen molar-refractivity contribution in [2.24, 2.45) is 5.92 Å². The van der Waals surface area contributed by atoms with E-state index in [1.165, 1.54) is 0 Å². The minimum atomic E-state index is -0.0712. The van der Waals surface area contributed by atoms with Crippen molar-refractivity contribution in [2.45, 2.75) is 53.5 Å². The molecule has 0 radical (unpaired) electrons. The molecule has 0 saturated heterocycles. The zero-order valence-corrected chi connectivity index (χ0v) is 12.3. The second-order valence-electron chi connectivity index (χ2n) is 5.78. The number of rotatable bonds is 5. The molecule has 0 aliphatic heterocycles. The molecule has 1 N–H and O–H groups in total. The van der Waals surface area contributed by atoms with Crippen molar-refractivity contribution in [2.75, 3.05) is 11.4 Å². The Kier molecular flexibility index (Phi) is 4.93. The minimum absolute atomic E-state index is 0.0712. The van der Waals surface area contributed by atoms with Crippen molar-refractivity contribution < 1.29 is 0 Å². The predicted octanol–water partition coefficient (Wildman–Crippen LogP) is 2.76. The maximum absolute atomic E-state index is 11.7. The maximum Gasteiger partial charge on any atom is 0.252 e. The largest absolute Gasteiger partial charge is 0.354 e. The monoisotopic (exact) mass is 251 g/mol. The number of hydrogen-bond donors (Lipinski definition) is 1. The summed E-state index contributed by atoms with van der Waals surface area (Å²) < 4.78 is 0. The van der Waals surface area contributed by atoms with Crippen LogP contribution in [0, 0.1) is 5.92 Å². The van der Waals surface area contributed by atoms with Gasteiger partial charge < -0.3 is 9.88 Å². The van der Waals surface area contributed by atoms with Crippen molar-refractivity contribution in [3.05, 3.63) is 22.2 Å². The van der Waals surface area contributed by atoms with E-state index in [2.05, 4.69) is 42.6 Å². The maximum atomic E-state index is 11.7. The standard InChI is InChI=1S/C14H25N3O/c1-9(2)8-17(11(5)6)12-7-13(18)16-14(15-12)10(3)4/h7,9-11H,8H2,1-6H3,(H,15,16,18). The lowest BCUT2D eigenvalue weighted by Crippen LogP contribution is -2.36. The van der Waals surface area contributed by atoms with Crippen LogP contribution in [0.1, 0.15) is 53.3 Å². The molecular weight excluding hydrogens is 226 g/mol. The van der Waals surface area contributed by atoms with Crippen LogP contribution < -0.4 is 10.5 Å². The second kappa shape index (κ2) is 6.03. The van der Waals surface area contributed by atoms with Crippen LogP contribution in [-0.2, 0) is 0 Å². The average molecular weight is 251 g/mol. The molecule has 0 amide bonds. The van der Waals surface area contributed by atoms with Gasteiger partial charge in [0.1, 0.15) is 11.6 Å². The van der Waals surface area contributed by atoms with Crippen LogP contribution in [0.4, 0.5) is 5.82 Å². The van der Waals surface area contributed by atoms with E-state index in [0.717, 1.165) is 18.2 Å². The summed E-state index contributed by atoms with van der Waals surface area (Å²) in [6.07, 6.45) is 0. The number of H-pyrrole nitrogens is 1. The summed E-state index contributed by atoms with van der Waals surface area (Å²) in [6.45, 7) is 13.6. The summed E-state index contributed by atoms with van der Waals surface area (Å²) >= 11 is 0. The van der Waals surface area contributed by atoms with Gasteiger partial charge in [-0.2, -0.15) is 0 Å². The molecule has 0 bridgehead atoms. The van der Waals surface area contributed by atoms with E-state index in [1.54, 1.807) is 6.07 Å². The molecule has 0 unspecified atom stereocenters. The van der Waals surface area contributed by atoms with Gasteiger partial charge in [0.2, 0.25) is 0 Å². The molecule has 1 rings (SSSR count). The highest BCUT2D eigenvalue weighted by Crippen LogP contribution is 2.16. The molecule has 1 aromatic rings. The first-order valence-corrected chi connectivity index (χ1v) is 6.69. The molecule has 0 aliphatic rings. The van der Waals surface area contributed by atoms with Crippen LogP contribution in [0.2, 0.25) is 0 Å². The van der Waals surface area contributed by atoms with E-state index in [9.17, 15) is 4.79 Å². The summed E-state index contributed by atoms with van der Waals surface area (Å²) in [5.74, 6) is 2.31. The van der Waals surface area contributed by atoms with Gasteiger partial charge in [-0.3, -0.25) is 4.79 Å². The fourth-order valence-electron chi connectivity index (χ4n) is 1.85. The fraction of sp³-hybridized carbons (Fsp3) is 0.714. The smallest absolute Gasteiger partial charge is 0.252 e.